The number of hydrogen-bond donors (Lipinski definition) is 0. The number of hydrogen-bond acceptors (Lipinski definition) is 3. The summed E-state index contributed by atoms with van der Waals surface area (Å²) in [6.07, 6.45) is 0.988. The lowest BCUT2D eigenvalue weighted by atomic mass is 9.77. The molecule has 3 aromatic carbocycles. The van der Waals surface area contributed by atoms with E-state index in [4.69, 9.17) is 9.47 Å². The number of β-lactam (4-membered cyclic amide) rings is 1. The van der Waals surface area contributed by atoms with Crippen molar-refractivity contribution < 1.29 is 23.0 Å². The van der Waals surface area contributed by atoms with Gasteiger partial charge in [-0.25, -0.2) is 8.78 Å². The van der Waals surface area contributed by atoms with Gasteiger partial charge < -0.3 is 14.4 Å². The second kappa shape index (κ2) is 9.51. The Labute approximate surface area is 204 Å². The molecule has 1 unspecified atom stereocenters. The molecule has 2 aliphatic rings. The quantitative estimate of drug-likeness (QED) is 0.392. The fraction of sp³-hybridized carbons (Fsp3) is 0.345. The summed E-state index contributed by atoms with van der Waals surface area (Å²) in [6, 6.07) is 20.2. The van der Waals surface area contributed by atoms with Crippen molar-refractivity contribution in [3.63, 3.8) is 0 Å². The molecule has 0 aliphatic carbocycles. The summed E-state index contributed by atoms with van der Waals surface area (Å²) in [4.78, 5) is 15.1. The lowest BCUT2D eigenvalue weighted by Crippen LogP contribution is -2.56. The first-order valence-electron chi connectivity index (χ1n) is 12.1. The van der Waals surface area contributed by atoms with Crippen LogP contribution >= 0.6 is 0 Å². The van der Waals surface area contributed by atoms with E-state index in [2.05, 4.69) is 6.92 Å². The van der Waals surface area contributed by atoms with Gasteiger partial charge in [0.25, 0.3) is 0 Å². The molecule has 0 saturated carbocycles. The number of carbonyl (C=O) groups is 1. The van der Waals surface area contributed by atoms with Crippen molar-refractivity contribution >= 4 is 11.6 Å². The molecule has 6 heteroatoms. The average molecular weight is 478 g/mol. The molecule has 0 radical (unpaired) electrons. The fourth-order valence-electron chi connectivity index (χ4n) is 5.01. The van der Waals surface area contributed by atoms with E-state index in [1.54, 1.807) is 29.2 Å². The van der Waals surface area contributed by atoms with Gasteiger partial charge in [-0.05, 0) is 55.3 Å². The molecule has 1 amide bonds. The van der Waals surface area contributed by atoms with E-state index in [0.29, 0.717) is 31.7 Å². The smallest absolute Gasteiger partial charge is 0.233 e. The van der Waals surface area contributed by atoms with E-state index in [1.165, 1.54) is 24.3 Å². The zero-order valence-corrected chi connectivity index (χ0v) is 19.9. The van der Waals surface area contributed by atoms with Crippen molar-refractivity contribution in [1.29, 1.82) is 0 Å². The van der Waals surface area contributed by atoms with Crippen molar-refractivity contribution in [1.82, 2.24) is 0 Å². The summed E-state index contributed by atoms with van der Waals surface area (Å²) in [7, 11) is 0. The normalized spacial score (nSPS) is 26.5. The zero-order chi connectivity index (χ0) is 24.6. The zero-order valence-electron chi connectivity index (χ0n) is 19.9. The Morgan fingerprint density at radius 3 is 2.06 bits per heavy atom. The van der Waals surface area contributed by atoms with Gasteiger partial charge in [0.05, 0.1) is 25.2 Å². The molecular weight excluding hydrogens is 448 g/mol. The lowest BCUT2D eigenvalue weighted by Gasteiger charge is -2.49. The molecule has 2 saturated heterocycles. The highest BCUT2D eigenvalue weighted by Crippen LogP contribution is 2.48. The summed E-state index contributed by atoms with van der Waals surface area (Å²) < 4.78 is 39.6. The topological polar surface area (TPSA) is 38.8 Å². The molecule has 5 rings (SSSR count). The van der Waals surface area contributed by atoms with E-state index < -0.39 is 5.79 Å². The highest BCUT2D eigenvalue weighted by atomic mass is 19.1. The summed E-state index contributed by atoms with van der Waals surface area (Å²) in [6.45, 7) is 5.13. The Bertz CT molecular complexity index is 1170. The fourth-order valence-corrected chi connectivity index (χ4v) is 5.01. The molecule has 0 N–H and O–H groups in total. The summed E-state index contributed by atoms with van der Waals surface area (Å²) in [5.41, 5.74) is 3.59. The van der Waals surface area contributed by atoms with E-state index >= 15 is 0 Å². The highest BCUT2D eigenvalue weighted by Gasteiger charge is 2.50. The van der Waals surface area contributed by atoms with Gasteiger partial charge in [0.1, 0.15) is 11.6 Å². The van der Waals surface area contributed by atoms with Crippen LogP contribution in [0.3, 0.4) is 0 Å². The Morgan fingerprint density at radius 1 is 0.886 bits per heavy atom. The molecule has 2 aliphatic heterocycles. The number of amides is 1. The predicted molar refractivity (Wildman–Crippen MR) is 130 cm³/mol. The second-order valence-corrected chi connectivity index (χ2v) is 9.67. The number of anilines is 1. The van der Waals surface area contributed by atoms with Crippen LogP contribution in [-0.4, -0.2) is 19.1 Å². The average Bonchev–Trinajstić information content (AvgIpc) is 2.86. The van der Waals surface area contributed by atoms with Gasteiger partial charge in [-0.1, -0.05) is 48.9 Å². The molecule has 0 spiro atoms. The SMILES string of the molecule is Cc1ccc([C@@H]2C(CCC3(c4ccc(F)cc4)OCC(C)CO3)C(=O)N2c2ccc(F)cc2)cc1. The van der Waals surface area contributed by atoms with Gasteiger partial charge >= 0.3 is 0 Å². The molecule has 4 nitrogen and oxygen atoms in total. The van der Waals surface area contributed by atoms with Crippen LogP contribution in [0.4, 0.5) is 14.5 Å². The Kier molecular flexibility index (Phi) is 6.43. The molecule has 35 heavy (non-hydrogen) atoms. The Hall–Kier alpha value is -3.09. The first-order chi connectivity index (χ1) is 16.9. The molecule has 182 valence electrons. The molecule has 0 aromatic heterocycles. The van der Waals surface area contributed by atoms with Crippen molar-refractivity contribution in [2.24, 2.45) is 11.8 Å². The number of halogens is 2. The van der Waals surface area contributed by atoms with Gasteiger partial charge in [-0.15, -0.1) is 0 Å². The van der Waals surface area contributed by atoms with Crippen LogP contribution < -0.4 is 4.90 Å². The Balaban J connectivity index is 1.43. The van der Waals surface area contributed by atoms with Crippen LogP contribution in [0.2, 0.25) is 0 Å². The third-order valence-electron chi connectivity index (χ3n) is 7.01. The monoisotopic (exact) mass is 477 g/mol. The largest absolute Gasteiger partial charge is 0.345 e. The summed E-state index contributed by atoms with van der Waals surface area (Å²) >= 11 is 0. The third kappa shape index (κ3) is 4.60. The van der Waals surface area contributed by atoms with Crippen LogP contribution in [0.15, 0.2) is 72.8 Å². The van der Waals surface area contributed by atoms with Crippen molar-refractivity contribution in [3.8, 4) is 0 Å². The summed E-state index contributed by atoms with van der Waals surface area (Å²) in [5, 5.41) is 0. The van der Waals surface area contributed by atoms with E-state index in [1.807, 2.05) is 31.2 Å². The predicted octanol–water partition coefficient (Wildman–Crippen LogP) is 6.29. The van der Waals surface area contributed by atoms with E-state index in [9.17, 15) is 13.6 Å². The van der Waals surface area contributed by atoms with Crippen LogP contribution in [-0.2, 0) is 20.1 Å². The molecule has 2 fully saturated rings. The molecule has 0 bridgehead atoms. The van der Waals surface area contributed by atoms with E-state index in [0.717, 1.165) is 16.7 Å². The molecule has 2 atom stereocenters. The first-order valence-corrected chi connectivity index (χ1v) is 12.1. The number of rotatable bonds is 6. The van der Waals surface area contributed by atoms with E-state index in [-0.39, 0.29) is 35.4 Å². The first kappa shape index (κ1) is 23.6. The van der Waals surface area contributed by atoms with Crippen LogP contribution in [0, 0.1) is 30.4 Å². The standard InChI is InChI=1S/C29H29F2NO3/c1-19-3-5-21(6-4-19)27-26(28(33)32(27)25-13-11-24(31)12-14-25)15-16-29(34-17-20(2)18-35-29)22-7-9-23(30)10-8-22/h3-14,20,26-27H,15-18H2,1-2H3/t20?,26?,27-,29?/m1/s1. The highest BCUT2D eigenvalue weighted by molar-refractivity contribution is 6.03. The second-order valence-electron chi connectivity index (χ2n) is 9.67. The van der Waals surface area contributed by atoms with Gasteiger partial charge in [0.15, 0.2) is 5.79 Å². The number of ether oxygens (including phenoxy) is 2. The van der Waals surface area contributed by atoms with Gasteiger partial charge in [0.2, 0.25) is 5.91 Å². The van der Waals surface area contributed by atoms with Crippen molar-refractivity contribution in [2.45, 2.75) is 38.5 Å². The lowest BCUT2D eigenvalue weighted by molar-refractivity contribution is -0.295. The number of aryl methyl sites for hydroxylation is 1. The van der Waals surface area contributed by atoms with Gasteiger partial charge in [-0.3, -0.25) is 4.79 Å². The maximum atomic E-state index is 13.6. The minimum absolute atomic E-state index is 0.0133. The van der Waals surface area contributed by atoms with Crippen molar-refractivity contribution in [2.75, 3.05) is 18.1 Å². The number of carbonyl (C=O) groups excluding carboxylic acids is 1. The Morgan fingerprint density at radius 2 is 1.46 bits per heavy atom. The maximum absolute atomic E-state index is 13.6. The number of benzene rings is 3. The van der Waals surface area contributed by atoms with Crippen LogP contribution in [0.1, 0.15) is 42.5 Å². The minimum Gasteiger partial charge on any atom is -0.345 e. The van der Waals surface area contributed by atoms with Crippen molar-refractivity contribution in [3.05, 3.63) is 101 Å². The molecular formula is C29H29F2NO3. The van der Waals surface area contributed by atoms with Crippen LogP contribution in [0.5, 0.6) is 0 Å². The molecule has 2 heterocycles. The third-order valence-corrected chi connectivity index (χ3v) is 7.01. The number of nitrogens with zero attached hydrogens (tertiary/aromatic N) is 1. The van der Waals surface area contributed by atoms with Crippen LogP contribution in [0.25, 0.3) is 0 Å². The van der Waals surface area contributed by atoms with Gasteiger partial charge in [0, 0.05) is 23.6 Å². The minimum atomic E-state index is -1.02. The molecule has 3 aromatic rings. The maximum Gasteiger partial charge on any atom is 0.233 e. The summed E-state index contributed by atoms with van der Waals surface area (Å²) in [5.74, 6) is -1.73. The van der Waals surface area contributed by atoms with Gasteiger partial charge in [-0.2, -0.15) is 0 Å².